The summed E-state index contributed by atoms with van der Waals surface area (Å²) in [7, 11) is 0. The number of hydrogen-bond donors (Lipinski definition) is 0. The number of halogens is 1. The molecule has 1 fully saturated rings. The average Bonchev–Trinajstić information content (AvgIpc) is 2.39. The highest BCUT2D eigenvalue weighted by molar-refractivity contribution is 6.62. The molecule has 0 aromatic heterocycles. The van der Waals surface area contributed by atoms with E-state index < -0.39 is 0 Å². The predicted molar refractivity (Wildman–Crippen MR) is 75.8 cm³/mol. The Hall–Kier alpha value is -0.320. The monoisotopic (exact) mass is 275 g/mol. The molecule has 0 atom stereocenters. The van der Waals surface area contributed by atoms with Crippen molar-refractivity contribution < 1.29 is 4.79 Å². The summed E-state index contributed by atoms with van der Waals surface area (Å²) >= 11 is 5.51. The summed E-state index contributed by atoms with van der Waals surface area (Å²) in [6, 6.07) is 0. The molecule has 1 amide bonds. The van der Waals surface area contributed by atoms with Gasteiger partial charge in [-0.1, -0.05) is 26.7 Å². The van der Waals surface area contributed by atoms with Crippen molar-refractivity contribution in [1.82, 2.24) is 14.9 Å². The summed E-state index contributed by atoms with van der Waals surface area (Å²) in [6.07, 6.45) is 4.92. The summed E-state index contributed by atoms with van der Waals surface area (Å²) in [5.41, 5.74) is 0. The zero-order chi connectivity index (χ0) is 13.4. The van der Waals surface area contributed by atoms with Crippen LogP contribution in [-0.4, -0.2) is 59.6 Å². The highest BCUT2D eigenvalue weighted by Crippen LogP contribution is 2.10. The summed E-state index contributed by atoms with van der Waals surface area (Å²) in [4.78, 5) is 12.8. The molecule has 0 radical (unpaired) electrons. The number of unbranched alkanes of at least 4 members (excludes halogenated alkanes) is 2. The first-order valence-electron chi connectivity index (χ1n) is 7.13. The van der Waals surface area contributed by atoms with E-state index in [1.807, 2.05) is 0 Å². The standard InChI is InChI=1S/C13H26ClN3O/c1-3-5-7-16(8-6-4-2)17-11-9-15(10-12-17)13(14)18/h3-12H2,1-2H3. The van der Waals surface area contributed by atoms with E-state index >= 15 is 0 Å². The zero-order valence-electron chi connectivity index (χ0n) is 11.7. The molecule has 1 aliphatic heterocycles. The van der Waals surface area contributed by atoms with Crippen molar-refractivity contribution in [2.24, 2.45) is 0 Å². The third-order valence-electron chi connectivity index (χ3n) is 3.44. The van der Waals surface area contributed by atoms with Crippen LogP contribution in [0.3, 0.4) is 0 Å². The second kappa shape index (κ2) is 8.73. The molecule has 0 aromatic rings. The van der Waals surface area contributed by atoms with Crippen molar-refractivity contribution in [2.75, 3.05) is 39.3 Å². The fourth-order valence-corrected chi connectivity index (χ4v) is 2.40. The predicted octanol–water partition coefficient (Wildman–Crippen LogP) is 2.78. The first-order valence-corrected chi connectivity index (χ1v) is 7.51. The van der Waals surface area contributed by atoms with Crippen molar-refractivity contribution in [1.29, 1.82) is 0 Å². The van der Waals surface area contributed by atoms with E-state index in [0.29, 0.717) is 0 Å². The third-order valence-corrected chi connectivity index (χ3v) is 3.68. The Labute approximate surface area is 116 Å². The van der Waals surface area contributed by atoms with E-state index in [4.69, 9.17) is 11.6 Å². The summed E-state index contributed by atoms with van der Waals surface area (Å²) in [5, 5.41) is 4.54. The van der Waals surface area contributed by atoms with Gasteiger partial charge in [-0.05, 0) is 24.4 Å². The molecule has 1 rings (SSSR count). The molecule has 106 valence electrons. The molecule has 0 aromatic carbocycles. The van der Waals surface area contributed by atoms with Gasteiger partial charge in [0.2, 0.25) is 0 Å². The van der Waals surface area contributed by atoms with Crippen LogP contribution < -0.4 is 0 Å². The molecular formula is C13H26ClN3O. The van der Waals surface area contributed by atoms with Gasteiger partial charge in [-0.2, -0.15) is 0 Å². The van der Waals surface area contributed by atoms with Gasteiger partial charge in [-0.25, -0.2) is 10.0 Å². The van der Waals surface area contributed by atoms with Crippen LogP contribution >= 0.6 is 11.6 Å². The minimum atomic E-state index is -0.316. The lowest BCUT2D eigenvalue weighted by molar-refractivity contribution is -0.0509. The molecule has 0 bridgehead atoms. The lowest BCUT2D eigenvalue weighted by atomic mass is 10.3. The first kappa shape index (κ1) is 15.7. The topological polar surface area (TPSA) is 26.8 Å². The van der Waals surface area contributed by atoms with Crippen LogP contribution in [0.2, 0.25) is 0 Å². The molecular weight excluding hydrogens is 250 g/mol. The zero-order valence-corrected chi connectivity index (χ0v) is 12.5. The fourth-order valence-electron chi connectivity index (χ4n) is 2.23. The molecule has 0 saturated carbocycles. The van der Waals surface area contributed by atoms with Crippen LogP contribution in [0.15, 0.2) is 0 Å². The van der Waals surface area contributed by atoms with Gasteiger partial charge in [-0.3, -0.25) is 4.79 Å². The molecule has 18 heavy (non-hydrogen) atoms. The van der Waals surface area contributed by atoms with Crippen LogP contribution in [0.5, 0.6) is 0 Å². The Kier molecular flexibility index (Phi) is 7.63. The largest absolute Gasteiger partial charge is 0.327 e. The maximum absolute atomic E-state index is 11.1. The van der Waals surface area contributed by atoms with Gasteiger partial charge >= 0.3 is 5.37 Å². The molecule has 0 aliphatic carbocycles. The number of hydrazine groups is 1. The molecule has 0 unspecified atom stereocenters. The number of nitrogens with zero attached hydrogens (tertiary/aromatic N) is 3. The maximum Gasteiger partial charge on any atom is 0.316 e. The van der Waals surface area contributed by atoms with E-state index in [0.717, 1.165) is 39.3 Å². The molecule has 0 N–H and O–H groups in total. The maximum atomic E-state index is 11.1. The number of amides is 1. The molecule has 1 heterocycles. The van der Waals surface area contributed by atoms with Gasteiger partial charge in [-0.15, -0.1) is 0 Å². The Morgan fingerprint density at radius 3 is 1.94 bits per heavy atom. The number of hydrogen-bond acceptors (Lipinski definition) is 3. The van der Waals surface area contributed by atoms with Gasteiger partial charge in [0.05, 0.1) is 0 Å². The summed E-state index contributed by atoms with van der Waals surface area (Å²) < 4.78 is 0. The number of carbonyl (C=O) groups excluding carboxylic acids is 1. The van der Waals surface area contributed by atoms with E-state index in [1.165, 1.54) is 25.7 Å². The molecule has 0 spiro atoms. The van der Waals surface area contributed by atoms with Crippen LogP contribution in [0.25, 0.3) is 0 Å². The van der Waals surface area contributed by atoms with Gasteiger partial charge in [0.25, 0.3) is 0 Å². The van der Waals surface area contributed by atoms with Crippen molar-refractivity contribution in [3.05, 3.63) is 0 Å². The lowest BCUT2D eigenvalue weighted by Gasteiger charge is -2.40. The van der Waals surface area contributed by atoms with Gasteiger partial charge in [0.15, 0.2) is 0 Å². The van der Waals surface area contributed by atoms with Crippen LogP contribution in [0.4, 0.5) is 4.79 Å². The van der Waals surface area contributed by atoms with Crippen molar-refractivity contribution in [3.8, 4) is 0 Å². The van der Waals surface area contributed by atoms with Crippen molar-refractivity contribution in [2.45, 2.75) is 39.5 Å². The smallest absolute Gasteiger partial charge is 0.316 e. The average molecular weight is 276 g/mol. The highest BCUT2D eigenvalue weighted by Gasteiger charge is 2.23. The van der Waals surface area contributed by atoms with E-state index in [2.05, 4.69) is 23.9 Å². The number of rotatable bonds is 7. The Morgan fingerprint density at radius 2 is 1.56 bits per heavy atom. The number of carbonyl (C=O) groups is 1. The van der Waals surface area contributed by atoms with Gasteiger partial charge in [0.1, 0.15) is 0 Å². The molecule has 1 saturated heterocycles. The number of piperazine rings is 1. The quantitative estimate of drug-likeness (QED) is 0.528. The highest BCUT2D eigenvalue weighted by atomic mass is 35.5. The second-order valence-corrected chi connectivity index (χ2v) is 5.18. The van der Waals surface area contributed by atoms with Crippen LogP contribution in [0, 0.1) is 0 Å². The van der Waals surface area contributed by atoms with Crippen LogP contribution in [0.1, 0.15) is 39.5 Å². The fraction of sp³-hybridized carbons (Fsp3) is 0.923. The Morgan fingerprint density at radius 1 is 1.06 bits per heavy atom. The SMILES string of the molecule is CCCCN(CCCC)N1CCN(C(=O)Cl)CC1. The van der Waals surface area contributed by atoms with E-state index in [-0.39, 0.29) is 5.37 Å². The Bertz CT molecular complexity index is 234. The third kappa shape index (κ3) is 5.12. The van der Waals surface area contributed by atoms with E-state index in [1.54, 1.807) is 4.90 Å². The minimum Gasteiger partial charge on any atom is -0.327 e. The first-order chi connectivity index (χ1) is 8.69. The minimum absolute atomic E-state index is 0.316. The molecule has 1 aliphatic rings. The Balaban J connectivity index is 2.40. The summed E-state index contributed by atoms with van der Waals surface area (Å²) in [6.45, 7) is 10.0. The van der Waals surface area contributed by atoms with Crippen LogP contribution in [-0.2, 0) is 0 Å². The van der Waals surface area contributed by atoms with Crippen molar-refractivity contribution >= 4 is 17.0 Å². The molecule has 4 nitrogen and oxygen atoms in total. The summed E-state index contributed by atoms with van der Waals surface area (Å²) in [5.74, 6) is 0. The lowest BCUT2D eigenvalue weighted by Crippen LogP contribution is -2.54. The molecule has 5 heteroatoms. The van der Waals surface area contributed by atoms with Gasteiger partial charge in [0, 0.05) is 39.3 Å². The van der Waals surface area contributed by atoms with E-state index in [9.17, 15) is 4.79 Å². The second-order valence-electron chi connectivity index (χ2n) is 4.85. The van der Waals surface area contributed by atoms with Gasteiger partial charge < -0.3 is 4.90 Å². The van der Waals surface area contributed by atoms with Crippen molar-refractivity contribution in [3.63, 3.8) is 0 Å². The normalized spacial score (nSPS) is 17.4.